The van der Waals surface area contributed by atoms with Crippen LogP contribution in [0.3, 0.4) is 0 Å². The van der Waals surface area contributed by atoms with Crippen molar-refractivity contribution in [1.82, 2.24) is 20.2 Å². The van der Waals surface area contributed by atoms with Crippen LogP contribution in [0.15, 0.2) is 61.1 Å². The second-order valence-electron chi connectivity index (χ2n) is 10.7. The molecule has 2 atom stereocenters. The number of ether oxygens (including phenoxy) is 2. The first-order valence-corrected chi connectivity index (χ1v) is 15.0. The summed E-state index contributed by atoms with van der Waals surface area (Å²) in [6, 6.07) is 0.994. The van der Waals surface area contributed by atoms with E-state index in [1.54, 1.807) is 17.2 Å². The molecule has 44 heavy (non-hydrogen) atoms. The number of halogens is 2. The highest BCUT2D eigenvalue weighted by molar-refractivity contribution is 6.42. The van der Waals surface area contributed by atoms with Crippen molar-refractivity contribution in [2.24, 2.45) is 0 Å². The molecule has 11 nitrogen and oxygen atoms in total. The monoisotopic (exact) mass is 639 g/mol. The highest BCUT2D eigenvalue weighted by Crippen LogP contribution is 2.48. The Balaban J connectivity index is 1.54. The summed E-state index contributed by atoms with van der Waals surface area (Å²) in [6.45, 7) is 7.95. The van der Waals surface area contributed by atoms with Gasteiger partial charge < -0.3 is 25.0 Å². The summed E-state index contributed by atoms with van der Waals surface area (Å²) >= 11 is 13.5. The molecule has 232 valence electrons. The van der Waals surface area contributed by atoms with E-state index in [4.69, 9.17) is 37.7 Å². The summed E-state index contributed by atoms with van der Waals surface area (Å²) in [4.78, 5) is 40.8. The fourth-order valence-corrected chi connectivity index (χ4v) is 6.25. The number of rotatable bonds is 9. The van der Waals surface area contributed by atoms with Gasteiger partial charge in [-0.15, -0.1) is 0 Å². The van der Waals surface area contributed by atoms with E-state index in [-0.39, 0.29) is 46.8 Å². The summed E-state index contributed by atoms with van der Waals surface area (Å²) in [5.74, 6) is 1.21. The van der Waals surface area contributed by atoms with Gasteiger partial charge in [0.05, 0.1) is 33.0 Å². The number of methoxy groups -OCH3 is 2. The smallest absolute Gasteiger partial charge is 0.330 e. The number of hydrogen-bond acceptors (Lipinski definition) is 8. The number of fused-ring (bicyclic) bond motifs is 1. The largest absolute Gasteiger partial charge is 0.495 e. The molecule has 1 aromatic heterocycles. The number of allylic oxidation sites excluding steroid dienone is 1. The second-order valence-corrected chi connectivity index (χ2v) is 11.5. The van der Waals surface area contributed by atoms with Crippen LogP contribution < -0.4 is 29.9 Å². The molecule has 13 heteroatoms. The molecule has 0 saturated heterocycles. The fraction of sp³-hybridized carbons (Fsp3) is 0.355. The van der Waals surface area contributed by atoms with E-state index < -0.39 is 6.03 Å². The van der Waals surface area contributed by atoms with Gasteiger partial charge in [-0.25, -0.2) is 9.78 Å². The zero-order valence-electron chi connectivity index (χ0n) is 24.9. The topological polar surface area (TPSA) is 112 Å². The van der Waals surface area contributed by atoms with Crippen LogP contribution in [0.2, 0.25) is 10.0 Å². The van der Waals surface area contributed by atoms with E-state index in [1.807, 2.05) is 30.3 Å². The number of nitrogens with one attached hydrogen (secondary N) is 2. The van der Waals surface area contributed by atoms with E-state index in [1.165, 1.54) is 25.2 Å². The fourth-order valence-electron chi connectivity index (χ4n) is 5.55. The summed E-state index contributed by atoms with van der Waals surface area (Å²) in [7, 11) is 4.86. The van der Waals surface area contributed by atoms with Crippen molar-refractivity contribution < 1.29 is 19.1 Å². The lowest BCUT2D eigenvalue weighted by atomic mass is 9.90. The number of anilines is 3. The molecular weight excluding hydrogens is 605 g/mol. The minimum absolute atomic E-state index is 0.0837. The van der Waals surface area contributed by atoms with Crippen molar-refractivity contribution in [2.75, 3.05) is 42.9 Å². The predicted octanol–water partition coefficient (Wildman–Crippen LogP) is 5.67. The maximum atomic E-state index is 14.4. The van der Waals surface area contributed by atoms with Crippen molar-refractivity contribution >= 4 is 52.6 Å². The van der Waals surface area contributed by atoms with Crippen LogP contribution in [0.25, 0.3) is 0 Å². The van der Waals surface area contributed by atoms with Gasteiger partial charge in [0.2, 0.25) is 11.9 Å². The van der Waals surface area contributed by atoms with Crippen molar-refractivity contribution in [3.63, 3.8) is 0 Å². The first kappa shape index (κ1) is 31.2. The van der Waals surface area contributed by atoms with E-state index in [0.717, 1.165) is 37.0 Å². The molecule has 1 fully saturated rings. The normalized spacial score (nSPS) is 19.8. The number of carbonyl (C=O) groups is 2. The molecule has 3 aliphatic rings. The molecular formula is C31H35Cl2N7O4. The SMILES string of the molecule is C=CC(=O)NC1CCCCC1Nc1ncc2c(n1)N(CC1=CC(=C)N(C)C=C1)C(=O)N(c1c(Cl)c(OC)cc(OC)c1Cl)C2. The molecule has 0 radical (unpaired) electrons. The van der Waals surface area contributed by atoms with Crippen LogP contribution in [-0.4, -0.2) is 66.7 Å². The Bertz CT molecular complexity index is 1530. The number of amides is 3. The Morgan fingerprint density at radius 3 is 2.48 bits per heavy atom. The molecule has 2 N–H and O–H groups in total. The van der Waals surface area contributed by atoms with Crippen LogP contribution >= 0.6 is 23.2 Å². The Kier molecular flexibility index (Phi) is 9.36. The number of aromatic nitrogens is 2. The second kappa shape index (κ2) is 13.2. The van der Waals surface area contributed by atoms with Gasteiger partial charge in [0.15, 0.2) is 0 Å². The van der Waals surface area contributed by atoms with Gasteiger partial charge in [-0.05, 0) is 36.6 Å². The first-order valence-electron chi connectivity index (χ1n) is 14.2. The molecule has 1 aromatic carbocycles. The van der Waals surface area contributed by atoms with Gasteiger partial charge in [0.1, 0.15) is 27.4 Å². The zero-order valence-corrected chi connectivity index (χ0v) is 26.4. The Labute approximate surface area is 266 Å². The quantitative estimate of drug-likeness (QED) is 0.338. The lowest BCUT2D eigenvalue weighted by Crippen LogP contribution is -2.50. The van der Waals surface area contributed by atoms with Crippen LogP contribution in [0.1, 0.15) is 31.2 Å². The van der Waals surface area contributed by atoms with Crippen molar-refractivity contribution in [3.8, 4) is 11.5 Å². The average Bonchev–Trinajstić information content (AvgIpc) is 3.02. The molecule has 0 spiro atoms. The number of carbonyl (C=O) groups excluding carboxylic acids is 2. The van der Waals surface area contributed by atoms with Gasteiger partial charge in [0.25, 0.3) is 0 Å². The van der Waals surface area contributed by atoms with Crippen molar-refractivity contribution in [1.29, 1.82) is 0 Å². The van der Waals surface area contributed by atoms with E-state index in [2.05, 4.69) is 28.8 Å². The molecule has 2 aliphatic heterocycles. The average molecular weight is 641 g/mol. The van der Waals surface area contributed by atoms with Gasteiger partial charge >= 0.3 is 6.03 Å². The van der Waals surface area contributed by atoms with Crippen LogP contribution in [0, 0.1) is 0 Å². The predicted molar refractivity (Wildman–Crippen MR) is 173 cm³/mol. The molecule has 5 rings (SSSR count). The summed E-state index contributed by atoms with van der Waals surface area (Å²) < 4.78 is 10.9. The molecule has 0 bridgehead atoms. The molecule has 2 aromatic rings. The number of urea groups is 1. The maximum Gasteiger partial charge on any atom is 0.330 e. The van der Waals surface area contributed by atoms with Gasteiger partial charge in [-0.3, -0.25) is 14.6 Å². The summed E-state index contributed by atoms with van der Waals surface area (Å²) in [5, 5.41) is 6.76. The minimum Gasteiger partial charge on any atom is -0.495 e. The molecule has 3 heterocycles. The third-order valence-corrected chi connectivity index (χ3v) is 8.69. The third-order valence-electron chi connectivity index (χ3n) is 7.96. The summed E-state index contributed by atoms with van der Waals surface area (Å²) in [6.07, 6.45) is 12.4. The first-order chi connectivity index (χ1) is 21.1. The third kappa shape index (κ3) is 6.20. The van der Waals surface area contributed by atoms with Crippen LogP contribution in [0.4, 0.5) is 22.2 Å². The highest BCUT2D eigenvalue weighted by Gasteiger charge is 2.37. The minimum atomic E-state index is -0.395. The molecule has 2 unspecified atom stereocenters. The number of likely N-dealkylation sites (N-methyl/N-ethyl adjacent to an activating group) is 1. The molecule has 1 aliphatic carbocycles. The van der Waals surface area contributed by atoms with Crippen LogP contribution in [0.5, 0.6) is 11.5 Å². The van der Waals surface area contributed by atoms with Crippen molar-refractivity contribution in [2.45, 2.75) is 44.3 Å². The Morgan fingerprint density at radius 2 is 1.84 bits per heavy atom. The van der Waals surface area contributed by atoms with Gasteiger partial charge in [-0.1, -0.05) is 49.2 Å². The van der Waals surface area contributed by atoms with Crippen LogP contribution in [-0.2, 0) is 11.3 Å². The standard InChI is InChI=1S/C31H35Cl2N7O4/c1-6-25(41)35-21-9-7-8-10-22(21)36-30-34-15-20-17-39(28-26(32)23(43-4)14-24(44-5)27(28)33)31(42)40(29(20)37-30)16-19-11-12-38(3)18(2)13-19/h6,11-15,21-22H,1-2,7-10,16-17H2,3-5H3,(H,35,41)(H,34,36,37). The maximum absolute atomic E-state index is 14.4. The number of nitrogens with zero attached hydrogens (tertiary/aromatic N) is 5. The lowest BCUT2D eigenvalue weighted by molar-refractivity contribution is -0.117. The number of benzene rings is 1. The molecule has 3 amide bonds. The van der Waals surface area contributed by atoms with Crippen molar-refractivity contribution in [3.05, 3.63) is 76.7 Å². The molecule has 1 saturated carbocycles. The zero-order chi connectivity index (χ0) is 31.5. The Morgan fingerprint density at radius 1 is 1.16 bits per heavy atom. The summed E-state index contributed by atoms with van der Waals surface area (Å²) in [5.41, 5.74) is 2.57. The van der Waals surface area contributed by atoms with Gasteiger partial charge in [-0.2, -0.15) is 4.98 Å². The van der Waals surface area contributed by atoms with Gasteiger partial charge in [0, 0.05) is 48.9 Å². The van der Waals surface area contributed by atoms with E-state index in [0.29, 0.717) is 28.8 Å². The highest BCUT2D eigenvalue weighted by atomic mass is 35.5. The van der Waals surface area contributed by atoms with E-state index >= 15 is 0 Å². The Hall–Kier alpha value is -4.22. The number of hydrogen-bond donors (Lipinski definition) is 2. The van der Waals surface area contributed by atoms with E-state index in [9.17, 15) is 9.59 Å². The lowest BCUT2D eigenvalue weighted by Gasteiger charge is -2.38.